The third kappa shape index (κ3) is 6.14. The molecule has 0 aliphatic carbocycles. The standard InChI is InChI=1S/C22H21N3O5S/c1-23-22(27)17-4-2-5-18(14-17)25-21(26)12-9-16-7-10-20(11-8-16)31(28,29)24-15-19-6-3-13-30-19/h2-14,24H,15H2,1H3,(H,23,27)(H,25,26)/b12-9+. The zero-order valence-electron chi connectivity index (χ0n) is 16.7. The molecule has 0 aliphatic heterocycles. The summed E-state index contributed by atoms with van der Waals surface area (Å²) in [4.78, 5) is 23.9. The first-order valence-corrected chi connectivity index (χ1v) is 10.8. The van der Waals surface area contributed by atoms with Gasteiger partial charge in [-0.1, -0.05) is 18.2 Å². The molecular weight excluding hydrogens is 418 g/mol. The number of carbonyl (C=O) groups is 2. The van der Waals surface area contributed by atoms with E-state index < -0.39 is 10.0 Å². The monoisotopic (exact) mass is 439 g/mol. The molecule has 0 spiro atoms. The van der Waals surface area contributed by atoms with Crippen molar-refractivity contribution in [1.82, 2.24) is 10.0 Å². The molecule has 0 atom stereocenters. The van der Waals surface area contributed by atoms with Gasteiger partial charge in [0.15, 0.2) is 0 Å². The first-order valence-electron chi connectivity index (χ1n) is 9.31. The number of anilines is 1. The average Bonchev–Trinajstić information content (AvgIpc) is 3.30. The van der Waals surface area contributed by atoms with Crippen LogP contribution in [0.3, 0.4) is 0 Å². The SMILES string of the molecule is CNC(=O)c1cccc(NC(=O)/C=C/c2ccc(S(=O)(=O)NCc3ccco3)cc2)c1. The summed E-state index contributed by atoms with van der Waals surface area (Å²) in [6, 6.07) is 16.0. The summed E-state index contributed by atoms with van der Waals surface area (Å²) < 4.78 is 32.3. The van der Waals surface area contributed by atoms with Gasteiger partial charge in [0.1, 0.15) is 5.76 Å². The van der Waals surface area contributed by atoms with Crippen molar-refractivity contribution in [2.45, 2.75) is 11.4 Å². The fraction of sp³-hybridized carbons (Fsp3) is 0.0909. The van der Waals surface area contributed by atoms with E-state index in [0.29, 0.717) is 22.6 Å². The molecule has 31 heavy (non-hydrogen) atoms. The molecule has 0 bridgehead atoms. The summed E-state index contributed by atoms with van der Waals surface area (Å²) in [5.41, 5.74) is 1.57. The Hall–Kier alpha value is -3.69. The van der Waals surface area contributed by atoms with Crippen molar-refractivity contribution in [3.05, 3.63) is 89.9 Å². The van der Waals surface area contributed by atoms with E-state index in [1.54, 1.807) is 54.6 Å². The molecule has 8 nitrogen and oxygen atoms in total. The van der Waals surface area contributed by atoms with Gasteiger partial charge in [0, 0.05) is 24.4 Å². The maximum atomic E-state index is 12.3. The molecule has 0 saturated heterocycles. The van der Waals surface area contributed by atoms with Crippen LogP contribution in [0.15, 0.2) is 82.3 Å². The van der Waals surface area contributed by atoms with Gasteiger partial charge >= 0.3 is 0 Å². The number of amides is 2. The van der Waals surface area contributed by atoms with E-state index in [1.807, 2.05) is 0 Å². The third-order valence-electron chi connectivity index (χ3n) is 4.25. The predicted octanol–water partition coefficient (Wildman–Crippen LogP) is 2.77. The molecule has 1 aromatic heterocycles. The lowest BCUT2D eigenvalue weighted by Crippen LogP contribution is -2.22. The molecule has 0 fully saturated rings. The van der Waals surface area contributed by atoms with Gasteiger partial charge in [0.2, 0.25) is 15.9 Å². The van der Waals surface area contributed by atoms with E-state index in [4.69, 9.17) is 4.42 Å². The summed E-state index contributed by atoms with van der Waals surface area (Å²) >= 11 is 0. The fourth-order valence-electron chi connectivity index (χ4n) is 2.66. The molecule has 1 heterocycles. The van der Waals surface area contributed by atoms with Gasteiger partial charge in [0.25, 0.3) is 5.91 Å². The number of benzene rings is 2. The zero-order valence-corrected chi connectivity index (χ0v) is 17.5. The number of hydrogen-bond donors (Lipinski definition) is 3. The topological polar surface area (TPSA) is 118 Å². The van der Waals surface area contributed by atoms with E-state index in [0.717, 1.165) is 0 Å². The van der Waals surface area contributed by atoms with E-state index >= 15 is 0 Å². The quantitative estimate of drug-likeness (QED) is 0.467. The first kappa shape index (κ1) is 22.0. The number of hydrogen-bond acceptors (Lipinski definition) is 5. The summed E-state index contributed by atoms with van der Waals surface area (Å²) in [6.07, 6.45) is 4.36. The van der Waals surface area contributed by atoms with E-state index in [1.165, 1.54) is 31.5 Å². The molecule has 3 rings (SSSR count). The minimum Gasteiger partial charge on any atom is -0.468 e. The molecule has 2 amide bonds. The molecule has 2 aromatic carbocycles. The van der Waals surface area contributed by atoms with Gasteiger partial charge in [-0.25, -0.2) is 13.1 Å². The Morgan fingerprint density at radius 2 is 1.81 bits per heavy atom. The summed E-state index contributed by atoms with van der Waals surface area (Å²) in [5.74, 6) is -0.124. The van der Waals surface area contributed by atoms with Gasteiger partial charge in [-0.3, -0.25) is 9.59 Å². The molecule has 0 aliphatic rings. The molecular formula is C22H21N3O5S. The molecule has 3 aromatic rings. The second-order valence-corrected chi connectivity index (χ2v) is 8.22. The average molecular weight is 439 g/mol. The lowest BCUT2D eigenvalue weighted by atomic mass is 10.2. The van der Waals surface area contributed by atoms with Gasteiger partial charge in [-0.2, -0.15) is 0 Å². The van der Waals surface area contributed by atoms with Gasteiger partial charge in [-0.05, 0) is 54.1 Å². The van der Waals surface area contributed by atoms with E-state index in [-0.39, 0.29) is 23.3 Å². The Balaban J connectivity index is 1.60. The number of rotatable bonds is 8. The van der Waals surface area contributed by atoms with Crippen LogP contribution in [0.5, 0.6) is 0 Å². The highest BCUT2D eigenvalue weighted by Gasteiger charge is 2.14. The molecule has 0 radical (unpaired) electrons. The molecule has 9 heteroatoms. The Bertz CT molecular complexity index is 1180. The lowest BCUT2D eigenvalue weighted by molar-refractivity contribution is -0.111. The smallest absolute Gasteiger partial charge is 0.251 e. The van der Waals surface area contributed by atoms with Crippen molar-refractivity contribution in [3.8, 4) is 0 Å². The molecule has 160 valence electrons. The molecule has 3 N–H and O–H groups in total. The largest absolute Gasteiger partial charge is 0.468 e. The zero-order chi connectivity index (χ0) is 22.3. The highest BCUT2D eigenvalue weighted by Crippen LogP contribution is 2.14. The number of sulfonamides is 1. The molecule has 0 unspecified atom stereocenters. The number of nitrogens with one attached hydrogen (secondary N) is 3. The summed E-state index contributed by atoms with van der Waals surface area (Å²) in [7, 11) is -2.15. The number of furan rings is 1. The summed E-state index contributed by atoms with van der Waals surface area (Å²) in [5, 5.41) is 5.20. The van der Waals surface area contributed by atoms with Crippen molar-refractivity contribution < 1.29 is 22.4 Å². The molecule has 0 saturated carbocycles. The normalized spacial score (nSPS) is 11.4. The van der Waals surface area contributed by atoms with Crippen molar-refractivity contribution in [1.29, 1.82) is 0 Å². The minimum absolute atomic E-state index is 0.0538. The third-order valence-corrected chi connectivity index (χ3v) is 5.67. The van der Waals surface area contributed by atoms with Crippen molar-refractivity contribution >= 4 is 33.6 Å². The Morgan fingerprint density at radius 3 is 2.48 bits per heavy atom. The van der Waals surface area contributed by atoms with Crippen LogP contribution < -0.4 is 15.4 Å². The van der Waals surface area contributed by atoms with Crippen LogP contribution in [0, 0.1) is 0 Å². The highest BCUT2D eigenvalue weighted by atomic mass is 32.2. The van der Waals surface area contributed by atoms with Crippen LogP contribution >= 0.6 is 0 Å². The maximum Gasteiger partial charge on any atom is 0.251 e. The second kappa shape index (κ2) is 9.88. The van der Waals surface area contributed by atoms with Crippen molar-refractivity contribution in [3.63, 3.8) is 0 Å². The van der Waals surface area contributed by atoms with E-state index in [9.17, 15) is 18.0 Å². The Morgan fingerprint density at radius 1 is 1.03 bits per heavy atom. The first-order chi connectivity index (χ1) is 14.9. The minimum atomic E-state index is -3.68. The van der Waals surface area contributed by atoms with Gasteiger partial charge < -0.3 is 15.1 Å². The van der Waals surface area contributed by atoms with Crippen LogP contribution in [-0.4, -0.2) is 27.3 Å². The highest BCUT2D eigenvalue weighted by molar-refractivity contribution is 7.89. The lowest BCUT2D eigenvalue weighted by Gasteiger charge is -2.06. The van der Waals surface area contributed by atoms with Gasteiger partial charge in [0.05, 0.1) is 17.7 Å². The van der Waals surface area contributed by atoms with E-state index in [2.05, 4.69) is 15.4 Å². The Labute approximate surface area is 180 Å². The Kier molecular flexibility index (Phi) is 7.01. The number of carbonyl (C=O) groups excluding carboxylic acids is 2. The van der Waals surface area contributed by atoms with Crippen LogP contribution in [0.4, 0.5) is 5.69 Å². The van der Waals surface area contributed by atoms with Crippen LogP contribution in [-0.2, 0) is 21.4 Å². The maximum absolute atomic E-state index is 12.3. The summed E-state index contributed by atoms with van der Waals surface area (Å²) in [6.45, 7) is 0.0538. The fourth-order valence-corrected chi connectivity index (χ4v) is 3.65. The second-order valence-electron chi connectivity index (χ2n) is 6.46. The van der Waals surface area contributed by atoms with Gasteiger partial charge in [-0.15, -0.1) is 0 Å². The van der Waals surface area contributed by atoms with Crippen LogP contribution in [0.25, 0.3) is 6.08 Å². The predicted molar refractivity (Wildman–Crippen MR) is 117 cm³/mol. The van der Waals surface area contributed by atoms with Crippen molar-refractivity contribution in [2.24, 2.45) is 0 Å². The van der Waals surface area contributed by atoms with Crippen molar-refractivity contribution in [2.75, 3.05) is 12.4 Å². The van der Waals surface area contributed by atoms with Crippen LogP contribution in [0.2, 0.25) is 0 Å². The van der Waals surface area contributed by atoms with Crippen LogP contribution in [0.1, 0.15) is 21.7 Å².